The molecule has 2 aromatic rings. The van der Waals surface area contributed by atoms with Crippen molar-refractivity contribution in [1.29, 1.82) is 0 Å². The maximum absolute atomic E-state index is 12.7. The van der Waals surface area contributed by atoms with Gasteiger partial charge in [-0.3, -0.25) is 4.79 Å². The summed E-state index contributed by atoms with van der Waals surface area (Å²) in [7, 11) is 0. The molecule has 1 aromatic carbocycles. The summed E-state index contributed by atoms with van der Waals surface area (Å²) in [5, 5.41) is 0. The summed E-state index contributed by atoms with van der Waals surface area (Å²) in [5.74, 6) is -0.0103. The van der Waals surface area contributed by atoms with Gasteiger partial charge in [0.15, 0.2) is 0 Å². The minimum Gasteiger partial charge on any atom is -0.330 e. The molecule has 0 aliphatic carbocycles. The number of hydrogen-bond acceptors (Lipinski definition) is 2. The minimum atomic E-state index is -0.0103. The van der Waals surface area contributed by atoms with E-state index in [1.807, 2.05) is 37.3 Å². The highest BCUT2D eigenvalue weighted by atomic mass is 79.9. The van der Waals surface area contributed by atoms with Gasteiger partial charge >= 0.3 is 0 Å². The number of rotatable bonds is 5. The SMILES string of the molecule is C=CCN(Cc1ccc(Cl)s1)C(=O)c1cc(C)cc(Br)c1. The van der Waals surface area contributed by atoms with Gasteiger partial charge < -0.3 is 4.90 Å². The molecule has 2 nitrogen and oxygen atoms in total. The molecule has 0 aliphatic heterocycles. The predicted octanol–water partition coefficient (Wildman–Crippen LogP) is 5.30. The second kappa shape index (κ2) is 7.25. The van der Waals surface area contributed by atoms with Gasteiger partial charge in [0.1, 0.15) is 0 Å². The Morgan fingerprint density at radius 1 is 1.43 bits per heavy atom. The molecule has 0 N–H and O–H groups in total. The number of amides is 1. The van der Waals surface area contributed by atoms with Crippen LogP contribution in [0.3, 0.4) is 0 Å². The lowest BCUT2D eigenvalue weighted by Gasteiger charge is -2.21. The van der Waals surface area contributed by atoms with Gasteiger partial charge in [0.25, 0.3) is 5.91 Å². The quantitative estimate of drug-likeness (QED) is 0.640. The van der Waals surface area contributed by atoms with Gasteiger partial charge in [-0.2, -0.15) is 0 Å². The average Bonchev–Trinajstić information content (AvgIpc) is 2.82. The molecule has 0 saturated carbocycles. The zero-order chi connectivity index (χ0) is 15.4. The van der Waals surface area contributed by atoms with Crippen molar-refractivity contribution in [2.24, 2.45) is 0 Å². The van der Waals surface area contributed by atoms with E-state index in [0.717, 1.165) is 19.2 Å². The molecule has 1 amide bonds. The number of halogens is 2. The summed E-state index contributed by atoms with van der Waals surface area (Å²) in [4.78, 5) is 15.5. The van der Waals surface area contributed by atoms with Crippen LogP contribution in [0.1, 0.15) is 20.8 Å². The lowest BCUT2D eigenvalue weighted by atomic mass is 10.1. The highest BCUT2D eigenvalue weighted by molar-refractivity contribution is 9.10. The van der Waals surface area contributed by atoms with Gasteiger partial charge in [-0.1, -0.05) is 33.6 Å². The highest BCUT2D eigenvalue weighted by Gasteiger charge is 2.16. The van der Waals surface area contributed by atoms with Crippen LogP contribution in [-0.2, 0) is 6.54 Å². The number of thiophene rings is 1. The van der Waals surface area contributed by atoms with Gasteiger partial charge in [0.05, 0.1) is 10.9 Å². The highest BCUT2D eigenvalue weighted by Crippen LogP contribution is 2.24. The fourth-order valence-electron chi connectivity index (χ4n) is 2.04. The van der Waals surface area contributed by atoms with Crippen LogP contribution in [0.2, 0.25) is 4.34 Å². The van der Waals surface area contributed by atoms with Crippen molar-refractivity contribution in [1.82, 2.24) is 4.90 Å². The van der Waals surface area contributed by atoms with E-state index in [9.17, 15) is 4.79 Å². The number of nitrogens with zero attached hydrogens (tertiary/aromatic N) is 1. The smallest absolute Gasteiger partial charge is 0.254 e. The van der Waals surface area contributed by atoms with E-state index in [4.69, 9.17) is 11.6 Å². The van der Waals surface area contributed by atoms with Gasteiger partial charge in [-0.25, -0.2) is 0 Å². The summed E-state index contributed by atoms with van der Waals surface area (Å²) < 4.78 is 1.64. The first kappa shape index (κ1) is 16.3. The Balaban J connectivity index is 2.24. The van der Waals surface area contributed by atoms with Crippen molar-refractivity contribution in [2.45, 2.75) is 13.5 Å². The summed E-state index contributed by atoms with van der Waals surface area (Å²) in [6, 6.07) is 9.51. The molecule has 1 heterocycles. The molecular weight excluding hydrogens is 370 g/mol. The van der Waals surface area contributed by atoms with Crippen LogP contribution in [0, 0.1) is 6.92 Å². The van der Waals surface area contributed by atoms with Gasteiger partial charge in [-0.05, 0) is 42.8 Å². The van der Waals surface area contributed by atoms with E-state index in [-0.39, 0.29) is 5.91 Å². The first-order chi connectivity index (χ1) is 9.99. The van der Waals surface area contributed by atoms with Crippen LogP contribution >= 0.6 is 38.9 Å². The molecule has 110 valence electrons. The Bertz CT molecular complexity index is 648. The first-order valence-electron chi connectivity index (χ1n) is 6.41. The Kier molecular flexibility index (Phi) is 5.62. The average molecular weight is 385 g/mol. The van der Waals surface area contributed by atoms with Crippen molar-refractivity contribution in [3.05, 3.63) is 67.8 Å². The molecule has 2 rings (SSSR count). The van der Waals surface area contributed by atoms with Crippen molar-refractivity contribution in [3.63, 3.8) is 0 Å². The molecule has 0 fully saturated rings. The van der Waals surface area contributed by atoms with Crippen LogP contribution in [-0.4, -0.2) is 17.4 Å². The number of hydrogen-bond donors (Lipinski definition) is 0. The second-order valence-corrected chi connectivity index (χ2v) is 7.41. The molecule has 0 aliphatic rings. The first-order valence-corrected chi connectivity index (χ1v) is 8.40. The van der Waals surface area contributed by atoms with Crippen molar-refractivity contribution in [3.8, 4) is 0 Å². The van der Waals surface area contributed by atoms with Gasteiger partial charge in [0, 0.05) is 21.5 Å². The van der Waals surface area contributed by atoms with E-state index in [2.05, 4.69) is 22.5 Å². The molecule has 0 bridgehead atoms. The maximum Gasteiger partial charge on any atom is 0.254 e. The summed E-state index contributed by atoms with van der Waals surface area (Å²) in [5.41, 5.74) is 1.72. The third kappa shape index (κ3) is 4.43. The normalized spacial score (nSPS) is 10.4. The van der Waals surface area contributed by atoms with Crippen molar-refractivity contribution in [2.75, 3.05) is 6.54 Å². The third-order valence-electron chi connectivity index (χ3n) is 2.90. The number of carbonyl (C=O) groups is 1. The zero-order valence-corrected chi connectivity index (χ0v) is 14.8. The number of carbonyl (C=O) groups excluding carboxylic acids is 1. The Labute approximate surface area is 142 Å². The molecule has 21 heavy (non-hydrogen) atoms. The Morgan fingerprint density at radius 3 is 2.76 bits per heavy atom. The predicted molar refractivity (Wildman–Crippen MR) is 93.1 cm³/mol. The zero-order valence-electron chi connectivity index (χ0n) is 11.6. The Morgan fingerprint density at radius 2 is 2.19 bits per heavy atom. The molecule has 0 unspecified atom stereocenters. The van der Waals surface area contributed by atoms with Crippen molar-refractivity contribution < 1.29 is 4.79 Å². The van der Waals surface area contributed by atoms with E-state index in [1.165, 1.54) is 11.3 Å². The number of benzene rings is 1. The molecule has 0 spiro atoms. The topological polar surface area (TPSA) is 20.3 Å². The van der Waals surface area contributed by atoms with Crippen LogP contribution in [0.5, 0.6) is 0 Å². The van der Waals surface area contributed by atoms with Gasteiger partial charge in [-0.15, -0.1) is 17.9 Å². The lowest BCUT2D eigenvalue weighted by molar-refractivity contribution is 0.0764. The summed E-state index contributed by atoms with van der Waals surface area (Å²) in [6.07, 6.45) is 1.73. The Hall–Kier alpha value is -1.10. The fraction of sp³-hybridized carbons (Fsp3) is 0.188. The second-order valence-electron chi connectivity index (χ2n) is 4.70. The van der Waals surface area contributed by atoms with Crippen molar-refractivity contribution >= 4 is 44.8 Å². The van der Waals surface area contributed by atoms with Crippen LogP contribution < -0.4 is 0 Å². The van der Waals surface area contributed by atoms with Gasteiger partial charge in [0.2, 0.25) is 0 Å². The molecule has 5 heteroatoms. The largest absolute Gasteiger partial charge is 0.330 e. The standard InChI is InChI=1S/C16H15BrClNOS/c1-3-6-19(10-14-4-5-15(18)21-14)16(20)12-7-11(2)8-13(17)9-12/h3-5,7-9H,1,6,10H2,2H3. The molecule has 1 aromatic heterocycles. The van der Waals surface area contributed by atoms with E-state index >= 15 is 0 Å². The minimum absolute atomic E-state index is 0.0103. The fourth-order valence-corrected chi connectivity index (χ4v) is 3.75. The molecular formula is C16H15BrClNOS. The number of aryl methyl sites for hydroxylation is 1. The van der Waals surface area contributed by atoms with Crippen LogP contribution in [0.4, 0.5) is 0 Å². The van der Waals surface area contributed by atoms with E-state index < -0.39 is 0 Å². The molecule has 0 radical (unpaired) electrons. The van der Waals surface area contributed by atoms with Crippen LogP contribution in [0.15, 0.2) is 47.5 Å². The molecule has 0 atom stereocenters. The monoisotopic (exact) mass is 383 g/mol. The van der Waals surface area contributed by atoms with Crippen LogP contribution in [0.25, 0.3) is 0 Å². The maximum atomic E-state index is 12.7. The third-order valence-corrected chi connectivity index (χ3v) is 4.58. The molecule has 0 saturated heterocycles. The summed E-state index contributed by atoms with van der Waals surface area (Å²) in [6.45, 7) is 6.74. The lowest BCUT2D eigenvalue weighted by Crippen LogP contribution is -2.30. The van der Waals surface area contributed by atoms with E-state index in [0.29, 0.717) is 18.7 Å². The summed E-state index contributed by atoms with van der Waals surface area (Å²) >= 11 is 10.9. The van der Waals surface area contributed by atoms with E-state index in [1.54, 1.807) is 11.0 Å².